The Morgan fingerprint density at radius 3 is 2.67 bits per heavy atom. The van der Waals surface area contributed by atoms with Crippen LogP contribution in [0, 0.1) is 25.1 Å². The first-order valence-corrected chi connectivity index (χ1v) is 11.5. The van der Waals surface area contributed by atoms with Crippen LogP contribution in [0.4, 0.5) is 10.2 Å². The molecule has 0 bridgehead atoms. The molecule has 4 heterocycles. The van der Waals surface area contributed by atoms with Crippen molar-refractivity contribution in [2.45, 2.75) is 39.2 Å². The van der Waals surface area contributed by atoms with Gasteiger partial charge in [0.2, 0.25) is 0 Å². The fourth-order valence-electron chi connectivity index (χ4n) is 5.79. The van der Waals surface area contributed by atoms with Gasteiger partial charge >= 0.3 is 0 Å². The zero-order valence-electron chi connectivity index (χ0n) is 18.9. The van der Waals surface area contributed by atoms with Gasteiger partial charge < -0.3 is 10.6 Å². The standard InChI is InChI=1S/C26H27FN6/c1-16-18(5-3-7-20(16)27)23-17(2)31-25(22-8-12-30-33(22)23)32-13-9-26(10-14-32)15-21-19(24(26)28)6-4-11-29-21/h3-8,11-12,24H,9-10,13-15,28H2,1-2H3/t24-/m1/s1. The molecule has 0 saturated carbocycles. The number of hydrogen-bond acceptors (Lipinski definition) is 5. The fourth-order valence-corrected chi connectivity index (χ4v) is 5.79. The third-order valence-electron chi connectivity index (χ3n) is 7.72. The molecule has 4 aromatic rings. The van der Waals surface area contributed by atoms with Gasteiger partial charge in [0, 0.05) is 36.6 Å². The van der Waals surface area contributed by atoms with E-state index >= 15 is 0 Å². The van der Waals surface area contributed by atoms with E-state index < -0.39 is 0 Å². The zero-order chi connectivity index (χ0) is 22.7. The number of hydrogen-bond donors (Lipinski definition) is 1. The Hall–Kier alpha value is -3.32. The summed E-state index contributed by atoms with van der Waals surface area (Å²) >= 11 is 0. The first-order chi connectivity index (χ1) is 16.0. The molecule has 1 fully saturated rings. The Labute approximate surface area is 192 Å². The van der Waals surface area contributed by atoms with Gasteiger partial charge in [0.25, 0.3) is 0 Å². The van der Waals surface area contributed by atoms with Crippen LogP contribution in [0.5, 0.6) is 0 Å². The molecule has 168 valence electrons. The number of aryl methyl sites for hydroxylation is 1. The van der Waals surface area contributed by atoms with E-state index in [1.54, 1.807) is 19.2 Å². The maximum atomic E-state index is 14.3. The average molecular weight is 443 g/mol. The predicted octanol–water partition coefficient (Wildman–Crippen LogP) is 4.39. The molecule has 1 aliphatic carbocycles. The van der Waals surface area contributed by atoms with Crippen molar-refractivity contribution in [2.24, 2.45) is 11.1 Å². The number of aromatic nitrogens is 4. The molecule has 7 heteroatoms. The normalized spacial score (nSPS) is 19.4. The second-order valence-corrected chi connectivity index (χ2v) is 9.45. The first-order valence-electron chi connectivity index (χ1n) is 11.5. The predicted molar refractivity (Wildman–Crippen MR) is 127 cm³/mol. The van der Waals surface area contributed by atoms with Crippen LogP contribution in [0.3, 0.4) is 0 Å². The van der Waals surface area contributed by atoms with Crippen LogP contribution in [0.25, 0.3) is 16.8 Å². The lowest BCUT2D eigenvalue weighted by molar-refractivity contribution is 0.187. The monoisotopic (exact) mass is 442 g/mol. The Bertz CT molecular complexity index is 1370. The molecule has 1 aliphatic heterocycles. The number of piperidine rings is 1. The summed E-state index contributed by atoms with van der Waals surface area (Å²) in [5.41, 5.74) is 13.2. The minimum absolute atomic E-state index is 0.0337. The van der Waals surface area contributed by atoms with Gasteiger partial charge in [-0.05, 0) is 67.9 Å². The molecule has 1 atom stereocenters. The molecule has 0 unspecified atom stereocenters. The number of rotatable bonds is 2. The molecule has 1 saturated heterocycles. The van der Waals surface area contributed by atoms with E-state index in [-0.39, 0.29) is 17.3 Å². The smallest absolute Gasteiger partial charge is 0.155 e. The molecular weight excluding hydrogens is 415 g/mol. The third kappa shape index (κ3) is 2.99. The van der Waals surface area contributed by atoms with Crippen molar-refractivity contribution in [3.05, 3.63) is 77.1 Å². The molecule has 33 heavy (non-hydrogen) atoms. The van der Waals surface area contributed by atoms with Crippen molar-refractivity contribution < 1.29 is 4.39 Å². The lowest BCUT2D eigenvalue weighted by Gasteiger charge is -2.42. The van der Waals surface area contributed by atoms with Crippen LogP contribution in [-0.2, 0) is 6.42 Å². The summed E-state index contributed by atoms with van der Waals surface area (Å²) in [6.07, 6.45) is 6.60. The average Bonchev–Trinajstić information content (AvgIpc) is 3.40. The van der Waals surface area contributed by atoms with Gasteiger partial charge in [0.1, 0.15) is 11.3 Å². The van der Waals surface area contributed by atoms with Crippen molar-refractivity contribution in [2.75, 3.05) is 18.0 Å². The van der Waals surface area contributed by atoms with E-state index in [1.807, 2.05) is 35.8 Å². The van der Waals surface area contributed by atoms with Gasteiger partial charge in [-0.15, -0.1) is 0 Å². The van der Waals surface area contributed by atoms with E-state index in [0.29, 0.717) is 5.56 Å². The molecule has 0 radical (unpaired) electrons. The van der Waals surface area contributed by atoms with Crippen molar-refractivity contribution in [1.29, 1.82) is 0 Å². The quantitative estimate of drug-likeness (QED) is 0.499. The van der Waals surface area contributed by atoms with E-state index in [0.717, 1.165) is 66.3 Å². The molecule has 6 nitrogen and oxygen atoms in total. The van der Waals surface area contributed by atoms with Gasteiger partial charge in [0.05, 0.1) is 17.6 Å². The molecule has 6 rings (SSSR count). The highest BCUT2D eigenvalue weighted by Crippen LogP contribution is 2.50. The first kappa shape index (κ1) is 20.3. The lowest BCUT2D eigenvalue weighted by Crippen LogP contribution is -2.44. The maximum absolute atomic E-state index is 14.3. The van der Waals surface area contributed by atoms with Gasteiger partial charge in [0.15, 0.2) is 5.82 Å². The van der Waals surface area contributed by atoms with Gasteiger partial charge in [-0.1, -0.05) is 18.2 Å². The van der Waals surface area contributed by atoms with E-state index in [9.17, 15) is 4.39 Å². The van der Waals surface area contributed by atoms with Crippen LogP contribution in [0.1, 0.15) is 41.4 Å². The minimum atomic E-state index is -0.221. The van der Waals surface area contributed by atoms with Crippen molar-refractivity contribution >= 4 is 11.3 Å². The van der Waals surface area contributed by atoms with E-state index in [2.05, 4.69) is 21.0 Å². The van der Waals surface area contributed by atoms with Crippen LogP contribution in [0.15, 0.2) is 48.8 Å². The SMILES string of the molecule is Cc1nc(N2CCC3(CC2)Cc2ncccc2[C@H]3N)c2ccnn2c1-c1cccc(F)c1C. The summed E-state index contributed by atoms with van der Waals surface area (Å²) in [5.74, 6) is 0.709. The molecular formula is C26H27FN6. The summed E-state index contributed by atoms with van der Waals surface area (Å²) in [4.78, 5) is 12.0. The number of fused-ring (bicyclic) bond motifs is 2. The topological polar surface area (TPSA) is 72.3 Å². The lowest BCUT2D eigenvalue weighted by atomic mass is 9.73. The fraction of sp³-hybridized carbons (Fsp3) is 0.346. The molecule has 0 amide bonds. The molecule has 3 aromatic heterocycles. The second kappa shape index (κ2) is 7.35. The summed E-state index contributed by atoms with van der Waals surface area (Å²) in [7, 11) is 0. The molecule has 2 aliphatic rings. The van der Waals surface area contributed by atoms with Gasteiger partial charge in [-0.25, -0.2) is 13.9 Å². The highest BCUT2D eigenvalue weighted by molar-refractivity contribution is 5.76. The highest BCUT2D eigenvalue weighted by Gasteiger charge is 2.46. The Morgan fingerprint density at radius 2 is 1.88 bits per heavy atom. The molecule has 1 aromatic carbocycles. The second-order valence-electron chi connectivity index (χ2n) is 9.45. The molecule has 1 spiro atoms. The number of nitrogens with zero attached hydrogens (tertiary/aromatic N) is 5. The zero-order valence-corrected chi connectivity index (χ0v) is 18.9. The molecule has 2 N–H and O–H groups in total. The third-order valence-corrected chi connectivity index (χ3v) is 7.72. The van der Waals surface area contributed by atoms with Gasteiger partial charge in [-0.2, -0.15) is 5.10 Å². The number of nitrogens with two attached hydrogens (primary N) is 1. The van der Waals surface area contributed by atoms with Crippen LogP contribution < -0.4 is 10.6 Å². The summed E-state index contributed by atoms with van der Waals surface area (Å²) < 4.78 is 16.2. The summed E-state index contributed by atoms with van der Waals surface area (Å²) in [6.45, 7) is 5.54. The van der Waals surface area contributed by atoms with Crippen LogP contribution in [-0.4, -0.2) is 32.7 Å². The largest absolute Gasteiger partial charge is 0.355 e. The van der Waals surface area contributed by atoms with Gasteiger partial charge in [-0.3, -0.25) is 4.98 Å². The van der Waals surface area contributed by atoms with Crippen molar-refractivity contribution in [1.82, 2.24) is 19.6 Å². The Kier molecular flexibility index (Phi) is 4.52. The summed E-state index contributed by atoms with van der Waals surface area (Å²) in [6, 6.07) is 11.3. The van der Waals surface area contributed by atoms with Crippen LogP contribution >= 0.6 is 0 Å². The number of pyridine rings is 1. The Morgan fingerprint density at radius 1 is 1.06 bits per heavy atom. The number of benzene rings is 1. The minimum Gasteiger partial charge on any atom is -0.355 e. The van der Waals surface area contributed by atoms with E-state index in [1.165, 1.54) is 11.6 Å². The highest BCUT2D eigenvalue weighted by atomic mass is 19.1. The maximum Gasteiger partial charge on any atom is 0.155 e. The van der Waals surface area contributed by atoms with Crippen molar-refractivity contribution in [3.8, 4) is 11.3 Å². The summed E-state index contributed by atoms with van der Waals surface area (Å²) in [5, 5.41) is 4.59. The van der Waals surface area contributed by atoms with Crippen LogP contribution in [0.2, 0.25) is 0 Å². The number of anilines is 1. The van der Waals surface area contributed by atoms with E-state index in [4.69, 9.17) is 10.7 Å². The van der Waals surface area contributed by atoms with Crippen molar-refractivity contribution in [3.63, 3.8) is 0 Å². The Balaban J connectivity index is 1.34. The number of halogens is 1.